The van der Waals surface area contributed by atoms with Crippen molar-refractivity contribution in [3.63, 3.8) is 0 Å². The summed E-state index contributed by atoms with van der Waals surface area (Å²) in [6.07, 6.45) is -3.58. The molecule has 4 aromatic carbocycles. The van der Waals surface area contributed by atoms with Crippen molar-refractivity contribution >= 4 is 0 Å². The SMILES string of the molecule is O[C@H]1O[C@H]([C@@H](COCc2ccccc2)OCc2ccccc2)[C@H](OCc2ccccc2)[C@H]1OCc1ccccc1. The van der Waals surface area contributed by atoms with Gasteiger partial charge >= 0.3 is 0 Å². The van der Waals surface area contributed by atoms with E-state index in [2.05, 4.69) is 0 Å². The van der Waals surface area contributed by atoms with Gasteiger partial charge in [-0.15, -0.1) is 0 Å². The Morgan fingerprint density at radius 2 is 0.975 bits per heavy atom. The van der Waals surface area contributed by atoms with Gasteiger partial charge in [0.2, 0.25) is 0 Å². The molecule has 0 aliphatic carbocycles. The highest BCUT2D eigenvalue weighted by Gasteiger charge is 2.49. The smallest absolute Gasteiger partial charge is 0.184 e. The summed E-state index contributed by atoms with van der Waals surface area (Å²) in [5, 5.41) is 11.0. The van der Waals surface area contributed by atoms with Crippen LogP contribution in [0.1, 0.15) is 22.3 Å². The second kappa shape index (κ2) is 14.9. The van der Waals surface area contributed by atoms with Crippen LogP contribution in [0.5, 0.6) is 0 Å². The predicted octanol–water partition coefficient (Wildman–Crippen LogP) is 5.68. The van der Waals surface area contributed by atoms with Crippen LogP contribution in [0.15, 0.2) is 121 Å². The van der Waals surface area contributed by atoms with Crippen molar-refractivity contribution < 1.29 is 28.8 Å². The van der Waals surface area contributed by atoms with Crippen LogP contribution in [-0.2, 0) is 50.1 Å². The zero-order chi connectivity index (χ0) is 27.4. The molecule has 0 aromatic heterocycles. The van der Waals surface area contributed by atoms with Crippen molar-refractivity contribution in [2.45, 2.75) is 57.1 Å². The molecule has 0 radical (unpaired) electrons. The Hall–Kier alpha value is -3.36. The van der Waals surface area contributed by atoms with Gasteiger partial charge in [0.05, 0.1) is 33.0 Å². The van der Waals surface area contributed by atoms with Gasteiger partial charge in [-0.3, -0.25) is 0 Å². The molecule has 208 valence electrons. The van der Waals surface area contributed by atoms with Crippen molar-refractivity contribution in [3.8, 4) is 0 Å². The Bertz CT molecular complexity index is 1240. The van der Waals surface area contributed by atoms with Crippen LogP contribution >= 0.6 is 0 Å². The summed E-state index contributed by atoms with van der Waals surface area (Å²) in [5.74, 6) is 0. The van der Waals surface area contributed by atoms with E-state index < -0.39 is 30.7 Å². The molecule has 1 N–H and O–H groups in total. The highest BCUT2D eigenvalue weighted by Crippen LogP contribution is 2.31. The van der Waals surface area contributed by atoms with Gasteiger partial charge in [-0.25, -0.2) is 0 Å². The highest BCUT2D eigenvalue weighted by molar-refractivity contribution is 5.16. The van der Waals surface area contributed by atoms with Gasteiger partial charge in [0.1, 0.15) is 24.4 Å². The van der Waals surface area contributed by atoms with Gasteiger partial charge < -0.3 is 28.8 Å². The summed E-state index contributed by atoms with van der Waals surface area (Å²) in [6, 6.07) is 39.8. The van der Waals surface area contributed by atoms with Crippen LogP contribution in [0, 0.1) is 0 Å². The lowest BCUT2D eigenvalue weighted by molar-refractivity contribution is -0.174. The van der Waals surface area contributed by atoms with E-state index >= 15 is 0 Å². The van der Waals surface area contributed by atoms with Gasteiger partial charge in [-0.1, -0.05) is 121 Å². The van der Waals surface area contributed by atoms with Gasteiger partial charge in [-0.2, -0.15) is 0 Å². The van der Waals surface area contributed by atoms with E-state index in [-0.39, 0.29) is 6.61 Å². The quantitative estimate of drug-likeness (QED) is 0.222. The van der Waals surface area contributed by atoms with E-state index in [1.165, 1.54) is 0 Å². The third-order valence-corrected chi connectivity index (χ3v) is 6.86. The van der Waals surface area contributed by atoms with Gasteiger partial charge in [0.25, 0.3) is 0 Å². The Balaban J connectivity index is 1.33. The molecule has 0 amide bonds. The largest absolute Gasteiger partial charge is 0.374 e. The second-order valence-electron chi connectivity index (χ2n) is 9.85. The number of hydrogen-bond acceptors (Lipinski definition) is 6. The average Bonchev–Trinajstić information content (AvgIpc) is 3.33. The standard InChI is InChI=1S/C34H36O6/c35-34-33(39-24-29-19-11-4-12-20-29)32(38-23-28-17-9-3-10-18-28)31(40-34)30(37-22-27-15-7-2-8-16-27)25-36-21-26-13-5-1-6-14-26/h1-20,30-35H,21-25H2/t30-,31-,32+,33-,34+/m1/s1. The predicted molar refractivity (Wildman–Crippen MR) is 152 cm³/mol. The first-order valence-electron chi connectivity index (χ1n) is 13.7. The number of ether oxygens (including phenoxy) is 5. The molecule has 0 spiro atoms. The van der Waals surface area contributed by atoms with Crippen molar-refractivity contribution in [2.75, 3.05) is 6.61 Å². The molecular formula is C34H36O6. The number of aliphatic hydroxyl groups is 1. The third-order valence-electron chi connectivity index (χ3n) is 6.86. The number of rotatable bonds is 14. The van der Waals surface area contributed by atoms with Crippen LogP contribution in [-0.4, -0.2) is 42.4 Å². The van der Waals surface area contributed by atoms with E-state index in [9.17, 15) is 5.11 Å². The van der Waals surface area contributed by atoms with Crippen molar-refractivity contribution in [1.82, 2.24) is 0 Å². The topological polar surface area (TPSA) is 66.4 Å². The molecule has 0 bridgehead atoms. The number of benzene rings is 4. The summed E-state index contributed by atoms with van der Waals surface area (Å²) in [5.41, 5.74) is 4.12. The molecule has 40 heavy (non-hydrogen) atoms. The van der Waals surface area contributed by atoms with E-state index in [0.717, 1.165) is 22.3 Å². The Morgan fingerprint density at radius 3 is 1.48 bits per heavy atom. The van der Waals surface area contributed by atoms with E-state index in [4.69, 9.17) is 23.7 Å². The molecule has 4 aromatic rings. The lowest BCUT2D eigenvalue weighted by atomic mass is 10.0. The fraction of sp³-hybridized carbons (Fsp3) is 0.294. The second-order valence-corrected chi connectivity index (χ2v) is 9.85. The lowest BCUT2D eigenvalue weighted by Gasteiger charge is -2.29. The molecule has 1 saturated heterocycles. The zero-order valence-electron chi connectivity index (χ0n) is 22.5. The first kappa shape index (κ1) is 28.2. The van der Waals surface area contributed by atoms with Crippen LogP contribution in [0.4, 0.5) is 0 Å². The average molecular weight is 541 g/mol. The third kappa shape index (κ3) is 8.08. The first-order chi connectivity index (χ1) is 19.8. The Morgan fingerprint density at radius 1 is 0.550 bits per heavy atom. The Labute approximate surface area is 236 Å². The highest BCUT2D eigenvalue weighted by atomic mass is 16.7. The first-order valence-corrected chi connectivity index (χ1v) is 13.7. The van der Waals surface area contributed by atoms with Crippen molar-refractivity contribution in [1.29, 1.82) is 0 Å². The van der Waals surface area contributed by atoms with Crippen LogP contribution in [0.25, 0.3) is 0 Å². The molecule has 5 rings (SSSR count). The molecule has 5 atom stereocenters. The van der Waals surface area contributed by atoms with Gasteiger partial charge in [-0.05, 0) is 22.3 Å². The van der Waals surface area contributed by atoms with Crippen LogP contribution < -0.4 is 0 Å². The van der Waals surface area contributed by atoms with E-state index in [1.807, 2.05) is 121 Å². The van der Waals surface area contributed by atoms with Gasteiger partial charge in [0, 0.05) is 0 Å². The summed E-state index contributed by atoms with van der Waals surface area (Å²) in [4.78, 5) is 0. The van der Waals surface area contributed by atoms with E-state index in [1.54, 1.807) is 0 Å². The normalized spacial score (nSPS) is 21.3. The molecule has 1 aliphatic heterocycles. The molecule has 0 unspecified atom stereocenters. The molecular weight excluding hydrogens is 504 g/mol. The minimum Gasteiger partial charge on any atom is -0.374 e. The van der Waals surface area contributed by atoms with Crippen LogP contribution in [0.2, 0.25) is 0 Å². The molecule has 1 aliphatic rings. The number of hydrogen-bond donors (Lipinski definition) is 1. The van der Waals surface area contributed by atoms with E-state index in [0.29, 0.717) is 26.4 Å². The monoisotopic (exact) mass is 540 g/mol. The molecule has 0 saturated carbocycles. The van der Waals surface area contributed by atoms with Crippen molar-refractivity contribution in [3.05, 3.63) is 144 Å². The zero-order valence-corrected chi connectivity index (χ0v) is 22.5. The summed E-state index contributed by atoms with van der Waals surface area (Å²) in [7, 11) is 0. The summed E-state index contributed by atoms with van der Waals surface area (Å²) < 4.78 is 31.3. The minimum atomic E-state index is -1.17. The maximum Gasteiger partial charge on any atom is 0.184 e. The maximum absolute atomic E-state index is 11.0. The molecule has 1 fully saturated rings. The minimum absolute atomic E-state index is 0.260. The fourth-order valence-corrected chi connectivity index (χ4v) is 4.75. The maximum atomic E-state index is 11.0. The fourth-order valence-electron chi connectivity index (χ4n) is 4.75. The summed E-state index contributed by atoms with van der Waals surface area (Å²) >= 11 is 0. The van der Waals surface area contributed by atoms with Crippen LogP contribution in [0.3, 0.4) is 0 Å². The van der Waals surface area contributed by atoms with Crippen molar-refractivity contribution in [2.24, 2.45) is 0 Å². The molecule has 6 nitrogen and oxygen atoms in total. The Kier molecular flexibility index (Phi) is 10.5. The summed E-state index contributed by atoms with van der Waals surface area (Å²) in [6.45, 7) is 1.74. The molecule has 1 heterocycles. The molecule has 6 heteroatoms. The lowest BCUT2D eigenvalue weighted by Crippen LogP contribution is -2.45. The van der Waals surface area contributed by atoms with Gasteiger partial charge in [0.15, 0.2) is 6.29 Å². The number of aliphatic hydroxyl groups excluding tert-OH is 1.